The number of halogens is 1. The van der Waals surface area contributed by atoms with Crippen LogP contribution in [-0.4, -0.2) is 47.1 Å². The molecule has 0 spiro atoms. The monoisotopic (exact) mass is 343 g/mol. The van der Waals surface area contributed by atoms with E-state index in [-0.39, 0.29) is 6.10 Å². The Morgan fingerprint density at radius 2 is 2.08 bits per heavy atom. The lowest BCUT2D eigenvalue weighted by atomic mass is 10.2. The predicted molar refractivity (Wildman–Crippen MR) is 94.9 cm³/mol. The van der Waals surface area contributed by atoms with Crippen molar-refractivity contribution in [1.29, 1.82) is 0 Å². The van der Waals surface area contributed by atoms with Gasteiger partial charge in [0.1, 0.15) is 0 Å². The van der Waals surface area contributed by atoms with Crippen LogP contribution in [0, 0.1) is 0 Å². The number of ether oxygens (including phenoxy) is 1. The van der Waals surface area contributed by atoms with Gasteiger partial charge in [-0.2, -0.15) is 0 Å². The highest BCUT2D eigenvalue weighted by molar-refractivity contribution is 6.30. The third kappa shape index (κ3) is 2.73. The molecule has 1 atom stereocenters. The van der Waals surface area contributed by atoms with E-state index >= 15 is 0 Å². The van der Waals surface area contributed by atoms with Gasteiger partial charge < -0.3 is 15.4 Å². The summed E-state index contributed by atoms with van der Waals surface area (Å²) in [5, 5.41) is 6.61. The Balaban J connectivity index is 1.80. The van der Waals surface area contributed by atoms with Crippen molar-refractivity contribution < 1.29 is 4.74 Å². The highest BCUT2D eigenvalue weighted by atomic mass is 35.5. The lowest BCUT2D eigenvalue weighted by Gasteiger charge is -2.32. The van der Waals surface area contributed by atoms with Gasteiger partial charge in [0.05, 0.1) is 30.1 Å². The minimum atomic E-state index is 0.0383. The van der Waals surface area contributed by atoms with Crippen molar-refractivity contribution in [2.45, 2.75) is 6.10 Å². The molecule has 7 heteroatoms. The fraction of sp³-hybridized carbons (Fsp3) is 0.294. The highest BCUT2D eigenvalue weighted by Crippen LogP contribution is 2.29. The largest absolute Gasteiger partial charge is 0.373 e. The van der Waals surface area contributed by atoms with Crippen LogP contribution in [0.3, 0.4) is 0 Å². The van der Waals surface area contributed by atoms with E-state index < -0.39 is 0 Å². The zero-order valence-corrected chi connectivity index (χ0v) is 13.9. The summed E-state index contributed by atoms with van der Waals surface area (Å²) in [4.78, 5) is 6.49. The highest BCUT2D eigenvalue weighted by Gasteiger charge is 2.24. The average Bonchev–Trinajstić information content (AvgIpc) is 3.02. The number of hydrogen-bond donors (Lipinski definition) is 1. The maximum absolute atomic E-state index is 6.00. The van der Waals surface area contributed by atoms with Gasteiger partial charge >= 0.3 is 0 Å². The van der Waals surface area contributed by atoms with E-state index in [4.69, 9.17) is 27.2 Å². The normalized spacial score (nSPS) is 18.2. The van der Waals surface area contributed by atoms with Gasteiger partial charge in [0, 0.05) is 36.2 Å². The van der Waals surface area contributed by atoms with Crippen LogP contribution in [-0.2, 0) is 4.74 Å². The van der Waals surface area contributed by atoms with Gasteiger partial charge in [-0.25, -0.2) is 4.68 Å². The Morgan fingerprint density at radius 3 is 2.88 bits per heavy atom. The fourth-order valence-corrected chi connectivity index (χ4v) is 3.14. The second-order valence-corrected chi connectivity index (χ2v) is 6.22. The van der Waals surface area contributed by atoms with Crippen molar-refractivity contribution in [1.82, 2.24) is 14.8 Å². The number of nitrogens with two attached hydrogens (primary N) is 1. The van der Waals surface area contributed by atoms with Crippen LogP contribution in [0.15, 0.2) is 42.7 Å². The summed E-state index contributed by atoms with van der Waals surface area (Å²) in [6.07, 6.45) is 3.67. The molecule has 6 nitrogen and oxygen atoms in total. The first-order valence-corrected chi connectivity index (χ1v) is 8.29. The molecule has 0 bridgehead atoms. The molecule has 3 heterocycles. The number of benzene rings is 1. The number of rotatable bonds is 3. The fourth-order valence-electron chi connectivity index (χ4n) is 3.01. The summed E-state index contributed by atoms with van der Waals surface area (Å²) in [5.74, 6) is 0.934. The predicted octanol–water partition coefficient (Wildman–Crippen LogP) is 2.24. The van der Waals surface area contributed by atoms with Gasteiger partial charge in [-0.05, 0) is 30.3 Å². The van der Waals surface area contributed by atoms with Crippen LogP contribution >= 0.6 is 11.6 Å². The summed E-state index contributed by atoms with van der Waals surface area (Å²) < 4.78 is 7.57. The van der Waals surface area contributed by atoms with Gasteiger partial charge in [0.15, 0.2) is 5.82 Å². The lowest BCUT2D eigenvalue weighted by Crippen LogP contribution is -2.46. The third-order valence-electron chi connectivity index (χ3n) is 4.24. The Labute approximate surface area is 144 Å². The first-order valence-electron chi connectivity index (χ1n) is 7.91. The van der Waals surface area contributed by atoms with Gasteiger partial charge in [-0.1, -0.05) is 11.6 Å². The summed E-state index contributed by atoms with van der Waals surface area (Å²) in [6.45, 7) is 2.70. The van der Waals surface area contributed by atoms with Crippen LogP contribution < -0.4 is 10.6 Å². The Hall–Kier alpha value is -2.15. The van der Waals surface area contributed by atoms with E-state index in [2.05, 4.69) is 9.88 Å². The number of pyridine rings is 1. The Morgan fingerprint density at radius 1 is 1.25 bits per heavy atom. The van der Waals surface area contributed by atoms with E-state index in [0.29, 0.717) is 18.2 Å². The molecule has 0 saturated carbocycles. The van der Waals surface area contributed by atoms with E-state index in [1.165, 1.54) is 0 Å². The molecule has 1 unspecified atom stereocenters. The van der Waals surface area contributed by atoms with Crippen LogP contribution in [0.25, 0.3) is 16.6 Å². The van der Waals surface area contributed by atoms with Gasteiger partial charge in [0.2, 0.25) is 0 Å². The van der Waals surface area contributed by atoms with Gasteiger partial charge in [-0.15, -0.1) is 5.10 Å². The third-order valence-corrected chi connectivity index (χ3v) is 4.49. The Kier molecular flexibility index (Phi) is 4.10. The number of hydrogen-bond acceptors (Lipinski definition) is 5. The molecular weight excluding hydrogens is 326 g/mol. The quantitative estimate of drug-likeness (QED) is 0.789. The average molecular weight is 344 g/mol. The van der Waals surface area contributed by atoms with Crippen LogP contribution in [0.5, 0.6) is 0 Å². The minimum Gasteiger partial charge on any atom is -0.373 e. The van der Waals surface area contributed by atoms with Crippen molar-refractivity contribution in [3.05, 3.63) is 47.7 Å². The van der Waals surface area contributed by atoms with Crippen molar-refractivity contribution in [2.24, 2.45) is 5.73 Å². The first kappa shape index (κ1) is 15.4. The van der Waals surface area contributed by atoms with Crippen LogP contribution in [0.4, 0.5) is 5.82 Å². The maximum atomic E-state index is 6.00. The molecule has 1 aromatic carbocycles. The van der Waals surface area contributed by atoms with Crippen molar-refractivity contribution in [3.8, 4) is 5.69 Å². The summed E-state index contributed by atoms with van der Waals surface area (Å²) >= 11 is 6.00. The number of morpholine rings is 1. The standard InChI is InChI=1S/C17H18ClN5O/c18-12-1-3-13(4-2-12)23-16-10-20-6-5-15(16)17(21-23)22-7-8-24-14(9-19)11-22/h1-6,10,14H,7-9,11,19H2. The zero-order chi connectivity index (χ0) is 16.5. The number of fused-ring (bicyclic) bond motifs is 1. The van der Waals surface area contributed by atoms with Crippen molar-refractivity contribution >= 4 is 28.3 Å². The molecule has 2 N–H and O–H groups in total. The van der Waals surface area contributed by atoms with Gasteiger partial charge in [0.25, 0.3) is 0 Å². The molecule has 2 aromatic heterocycles. The van der Waals surface area contributed by atoms with E-state index in [0.717, 1.165) is 35.5 Å². The van der Waals surface area contributed by atoms with E-state index in [1.807, 2.05) is 41.2 Å². The molecule has 0 aliphatic carbocycles. The maximum Gasteiger partial charge on any atom is 0.159 e. The second kappa shape index (κ2) is 6.39. The molecule has 4 rings (SSSR count). The van der Waals surface area contributed by atoms with Crippen LogP contribution in [0.1, 0.15) is 0 Å². The van der Waals surface area contributed by atoms with E-state index in [9.17, 15) is 0 Å². The second-order valence-electron chi connectivity index (χ2n) is 5.78. The zero-order valence-electron chi connectivity index (χ0n) is 13.1. The molecular formula is C17H18ClN5O. The molecule has 0 amide bonds. The first-order chi connectivity index (χ1) is 11.8. The van der Waals surface area contributed by atoms with Crippen molar-refractivity contribution in [3.63, 3.8) is 0 Å². The topological polar surface area (TPSA) is 69.2 Å². The molecule has 124 valence electrons. The summed E-state index contributed by atoms with van der Waals surface area (Å²) in [7, 11) is 0. The summed E-state index contributed by atoms with van der Waals surface area (Å²) in [5.41, 5.74) is 7.68. The molecule has 1 fully saturated rings. The smallest absolute Gasteiger partial charge is 0.159 e. The number of anilines is 1. The van der Waals surface area contributed by atoms with E-state index in [1.54, 1.807) is 6.20 Å². The molecule has 3 aromatic rings. The number of aromatic nitrogens is 3. The SMILES string of the molecule is NCC1CN(c2nn(-c3ccc(Cl)cc3)c3cnccc23)CCO1. The van der Waals surface area contributed by atoms with Gasteiger partial charge in [-0.3, -0.25) is 4.98 Å². The summed E-state index contributed by atoms with van der Waals surface area (Å²) in [6, 6.07) is 9.62. The molecule has 1 aliphatic rings. The molecule has 24 heavy (non-hydrogen) atoms. The minimum absolute atomic E-state index is 0.0383. The number of nitrogens with zero attached hydrogens (tertiary/aromatic N) is 4. The van der Waals surface area contributed by atoms with Crippen LogP contribution in [0.2, 0.25) is 5.02 Å². The Bertz CT molecular complexity index is 848. The van der Waals surface area contributed by atoms with Crippen molar-refractivity contribution in [2.75, 3.05) is 31.1 Å². The lowest BCUT2D eigenvalue weighted by molar-refractivity contribution is 0.0463. The molecule has 1 aliphatic heterocycles. The molecule has 0 radical (unpaired) electrons. The molecule has 1 saturated heterocycles.